The summed E-state index contributed by atoms with van der Waals surface area (Å²) in [5.41, 5.74) is 1.93. The molecule has 5 aliphatic rings. The molecule has 0 unspecified atom stereocenters. The maximum atomic E-state index is 13.2. The molecule has 3 fully saturated rings. The maximum Gasteiger partial charge on any atom is 0.310 e. The standard InChI is InChI=1S/C27H28O12/c1-10-33-8-19-25(37-10)22(30)23(31)27(38-19)39-24-13-6-18-17(35-9-36-18)5-12(13)20(21-14(24)7-34-26(21)32)11-2-3-15(28)16(29)4-11/h2-6,10,14,19-25,27-31H,7-9H2,1H3/t10-,14-,19+,20+,21-,22+,23+,24+,25+,27-/m0/s1. The lowest BCUT2D eigenvalue weighted by Gasteiger charge is -2.47. The predicted octanol–water partition coefficient (Wildman–Crippen LogP) is 1.03. The fourth-order valence-corrected chi connectivity index (χ4v) is 6.38. The Bertz CT molecular complexity index is 1300. The molecule has 208 valence electrons. The number of phenolic OH excluding ortho intramolecular Hbond substituents is 2. The summed E-state index contributed by atoms with van der Waals surface area (Å²) < 4.78 is 40.3. The van der Waals surface area contributed by atoms with Crippen molar-refractivity contribution in [2.24, 2.45) is 11.8 Å². The minimum absolute atomic E-state index is 0.0292. The third kappa shape index (κ3) is 3.93. The van der Waals surface area contributed by atoms with Crippen LogP contribution in [0.1, 0.15) is 35.6 Å². The molecular formula is C27H28O12. The number of ether oxygens (including phenoxy) is 7. The van der Waals surface area contributed by atoms with Crippen LogP contribution in [0.2, 0.25) is 0 Å². The maximum absolute atomic E-state index is 13.2. The number of phenols is 2. The second-order valence-corrected chi connectivity index (χ2v) is 10.5. The van der Waals surface area contributed by atoms with Crippen molar-refractivity contribution < 1.29 is 58.4 Å². The van der Waals surface area contributed by atoms with Gasteiger partial charge in [-0.25, -0.2) is 0 Å². The monoisotopic (exact) mass is 544 g/mol. The molecule has 1 aliphatic carbocycles. The lowest BCUT2D eigenvalue weighted by atomic mass is 9.66. The zero-order valence-corrected chi connectivity index (χ0v) is 20.8. The van der Waals surface area contributed by atoms with Crippen molar-refractivity contribution in [1.82, 2.24) is 0 Å². The second kappa shape index (κ2) is 9.22. The molecule has 0 bridgehead atoms. The first-order valence-electron chi connectivity index (χ1n) is 12.9. The Morgan fingerprint density at radius 1 is 0.897 bits per heavy atom. The van der Waals surface area contributed by atoms with E-state index in [-0.39, 0.29) is 31.5 Å². The number of rotatable bonds is 3. The number of benzene rings is 2. The van der Waals surface area contributed by atoms with Crippen molar-refractivity contribution in [3.8, 4) is 23.0 Å². The average Bonchev–Trinajstić information content (AvgIpc) is 3.54. The predicted molar refractivity (Wildman–Crippen MR) is 127 cm³/mol. The van der Waals surface area contributed by atoms with Crippen LogP contribution in [0.15, 0.2) is 30.3 Å². The van der Waals surface area contributed by atoms with E-state index in [9.17, 15) is 25.2 Å². The summed E-state index contributed by atoms with van der Waals surface area (Å²) in [7, 11) is 0. The van der Waals surface area contributed by atoms with Crippen LogP contribution in [-0.4, -0.2) is 83.4 Å². The Morgan fingerprint density at radius 2 is 1.67 bits per heavy atom. The minimum atomic E-state index is -1.43. The third-order valence-corrected chi connectivity index (χ3v) is 8.24. The van der Waals surface area contributed by atoms with Gasteiger partial charge in [-0.3, -0.25) is 4.79 Å². The molecular weight excluding hydrogens is 516 g/mol. The van der Waals surface area contributed by atoms with Crippen LogP contribution in [0.3, 0.4) is 0 Å². The van der Waals surface area contributed by atoms with Crippen molar-refractivity contribution in [3.05, 3.63) is 47.0 Å². The first-order chi connectivity index (χ1) is 18.8. The first kappa shape index (κ1) is 24.9. The van der Waals surface area contributed by atoms with Gasteiger partial charge in [-0.15, -0.1) is 0 Å². The van der Waals surface area contributed by atoms with Crippen LogP contribution in [0.25, 0.3) is 0 Å². The quantitative estimate of drug-likeness (QED) is 0.321. The summed E-state index contributed by atoms with van der Waals surface area (Å²) in [4.78, 5) is 13.2. The number of hydrogen-bond acceptors (Lipinski definition) is 12. The van der Waals surface area contributed by atoms with Crippen LogP contribution in [-0.2, 0) is 28.5 Å². The molecule has 12 heteroatoms. The summed E-state index contributed by atoms with van der Waals surface area (Å²) in [6, 6.07) is 7.99. The summed E-state index contributed by atoms with van der Waals surface area (Å²) >= 11 is 0. The van der Waals surface area contributed by atoms with E-state index in [1.165, 1.54) is 12.1 Å². The summed E-state index contributed by atoms with van der Waals surface area (Å²) in [5.74, 6) is -1.84. The largest absolute Gasteiger partial charge is 0.504 e. The van der Waals surface area contributed by atoms with E-state index in [0.29, 0.717) is 28.2 Å². The van der Waals surface area contributed by atoms with E-state index in [4.69, 9.17) is 33.2 Å². The zero-order valence-electron chi connectivity index (χ0n) is 20.8. The normalized spacial score (nSPS) is 38.5. The van der Waals surface area contributed by atoms with E-state index in [1.54, 1.807) is 25.1 Å². The number of cyclic esters (lactones) is 1. The molecule has 0 aromatic heterocycles. The molecule has 2 aromatic carbocycles. The number of aliphatic hydroxyl groups is 2. The number of aliphatic hydroxyl groups excluding tert-OH is 2. The molecule has 0 radical (unpaired) electrons. The fourth-order valence-electron chi connectivity index (χ4n) is 6.38. The summed E-state index contributed by atoms with van der Waals surface area (Å²) in [5, 5.41) is 41.9. The highest BCUT2D eigenvalue weighted by Gasteiger charge is 2.56. The molecule has 4 N–H and O–H groups in total. The van der Waals surface area contributed by atoms with Gasteiger partial charge in [0.2, 0.25) is 6.79 Å². The van der Waals surface area contributed by atoms with Gasteiger partial charge in [-0.2, -0.15) is 0 Å². The number of fused-ring (bicyclic) bond motifs is 4. The highest BCUT2D eigenvalue weighted by Crippen LogP contribution is 2.56. The van der Waals surface area contributed by atoms with Gasteiger partial charge in [0.25, 0.3) is 0 Å². The Balaban J connectivity index is 1.30. The molecule has 7 rings (SSSR count). The van der Waals surface area contributed by atoms with Crippen molar-refractivity contribution >= 4 is 5.97 Å². The van der Waals surface area contributed by atoms with Gasteiger partial charge in [0.05, 0.1) is 25.2 Å². The zero-order chi connectivity index (χ0) is 27.0. The van der Waals surface area contributed by atoms with Crippen molar-refractivity contribution in [1.29, 1.82) is 0 Å². The van der Waals surface area contributed by atoms with Crippen LogP contribution in [0.4, 0.5) is 0 Å². The molecule has 39 heavy (non-hydrogen) atoms. The number of hydrogen-bond donors (Lipinski definition) is 4. The number of aromatic hydroxyl groups is 2. The van der Waals surface area contributed by atoms with E-state index >= 15 is 0 Å². The second-order valence-electron chi connectivity index (χ2n) is 10.5. The SMILES string of the molecule is C[C@H]1OC[C@H]2O[C@@H](O[C@@H]3c4cc5c(cc4[C@@H](c4ccc(O)c(O)c4)[C@H]4C(=O)OC[C@@H]43)OCO5)[C@H](O)[C@@H](O)[C@@H]2O1. The molecule has 10 atom stereocenters. The molecule has 12 nitrogen and oxygen atoms in total. The lowest BCUT2D eigenvalue weighted by Crippen LogP contribution is -2.63. The van der Waals surface area contributed by atoms with Gasteiger partial charge in [0.15, 0.2) is 35.6 Å². The topological polar surface area (TPSA) is 163 Å². The minimum Gasteiger partial charge on any atom is -0.504 e. The summed E-state index contributed by atoms with van der Waals surface area (Å²) in [6.07, 6.45) is -6.78. The van der Waals surface area contributed by atoms with Crippen molar-refractivity contribution in [3.63, 3.8) is 0 Å². The smallest absolute Gasteiger partial charge is 0.310 e. The third-order valence-electron chi connectivity index (χ3n) is 8.24. The Labute approximate surface area is 222 Å². The average molecular weight is 545 g/mol. The Hall–Kier alpha value is -3.13. The van der Waals surface area contributed by atoms with Crippen molar-refractivity contribution in [2.75, 3.05) is 20.0 Å². The number of carbonyl (C=O) groups is 1. The fraction of sp³-hybridized carbons (Fsp3) is 0.519. The Morgan fingerprint density at radius 3 is 2.44 bits per heavy atom. The molecule has 3 saturated heterocycles. The van der Waals surface area contributed by atoms with E-state index in [1.807, 2.05) is 0 Å². The number of carbonyl (C=O) groups excluding carboxylic acids is 1. The summed E-state index contributed by atoms with van der Waals surface area (Å²) in [6.45, 7) is 1.92. The van der Waals surface area contributed by atoms with Crippen molar-refractivity contribution in [2.45, 2.75) is 55.9 Å². The Kier molecular flexibility index (Phi) is 5.88. The molecule has 2 aromatic rings. The van der Waals surface area contributed by atoms with E-state index in [2.05, 4.69) is 0 Å². The number of esters is 1. The van der Waals surface area contributed by atoms with Crippen LogP contribution < -0.4 is 9.47 Å². The van der Waals surface area contributed by atoms with Gasteiger partial charge in [-0.05, 0) is 47.9 Å². The van der Waals surface area contributed by atoms with E-state index in [0.717, 1.165) is 0 Å². The lowest BCUT2D eigenvalue weighted by molar-refractivity contribution is -0.364. The molecule has 0 saturated carbocycles. The molecule has 4 heterocycles. The molecule has 0 spiro atoms. The van der Waals surface area contributed by atoms with Gasteiger partial charge < -0.3 is 53.6 Å². The van der Waals surface area contributed by atoms with Crippen LogP contribution in [0, 0.1) is 11.8 Å². The van der Waals surface area contributed by atoms with Crippen LogP contribution >= 0.6 is 0 Å². The van der Waals surface area contributed by atoms with Gasteiger partial charge in [-0.1, -0.05) is 6.07 Å². The first-order valence-corrected chi connectivity index (χ1v) is 12.9. The van der Waals surface area contributed by atoms with Crippen LogP contribution in [0.5, 0.6) is 23.0 Å². The van der Waals surface area contributed by atoms with Gasteiger partial charge >= 0.3 is 5.97 Å². The molecule has 0 amide bonds. The van der Waals surface area contributed by atoms with Gasteiger partial charge in [0.1, 0.15) is 24.4 Å². The molecule has 4 aliphatic heterocycles. The highest BCUT2D eigenvalue weighted by atomic mass is 16.8. The van der Waals surface area contributed by atoms with E-state index < -0.39 is 66.8 Å². The highest BCUT2D eigenvalue weighted by molar-refractivity contribution is 5.78. The van der Waals surface area contributed by atoms with Gasteiger partial charge in [0, 0.05) is 11.8 Å².